The maximum Gasteiger partial charge on any atom is 0.288 e. The number of anilines is 1. The van der Waals surface area contributed by atoms with E-state index in [4.69, 9.17) is 21.3 Å². The summed E-state index contributed by atoms with van der Waals surface area (Å²) in [6.45, 7) is -0.412. The quantitative estimate of drug-likeness (QED) is 0.157. The topological polar surface area (TPSA) is 274 Å². The van der Waals surface area contributed by atoms with Gasteiger partial charge in [0, 0.05) is 25.2 Å². The number of carbonyl (C=O) groups is 1. The Hall–Kier alpha value is -3.48. The van der Waals surface area contributed by atoms with Crippen molar-refractivity contribution in [2.45, 2.75) is 37.0 Å². The van der Waals surface area contributed by atoms with Gasteiger partial charge in [-0.1, -0.05) is 0 Å². The fourth-order valence-electron chi connectivity index (χ4n) is 4.37. The molecule has 4 heterocycles. The summed E-state index contributed by atoms with van der Waals surface area (Å²) in [5.41, 5.74) is 10.8. The number of aliphatic hydroxyl groups excluding tert-OH is 5. The highest BCUT2D eigenvalue weighted by molar-refractivity contribution is 5.88. The van der Waals surface area contributed by atoms with Gasteiger partial charge in [0.25, 0.3) is 11.5 Å². The van der Waals surface area contributed by atoms with Crippen LogP contribution in [0.3, 0.4) is 0 Å². The molecular weight excluding hydrogens is 482 g/mol. The second-order valence-corrected chi connectivity index (χ2v) is 8.51. The predicted octanol–water partition coefficient (Wildman–Crippen LogP) is -4.15. The molecule has 3 aromatic heterocycles. The molecule has 10 N–H and O–H groups in total. The summed E-state index contributed by atoms with van der Waals surface area (Å²) in [4.78, 5) is 36.6. The smallest absolute Gasteiger partial charge is 0.288 e. The molecule has 36 heavy (non-hydrogen) atoms. The molecule has 0 spiro atoms. The molecule has 1 saturated carbocycles. The second kappa shape index (κ2) is 10.2. The number of nitrogen functional groups attached to an aromatic ring is 1. The number of H-pyrrole nitrogens is 1. The van der Waals surface area contributed by atoms with Crippen molar-refractivity contribution in [2.24, 2.45) is 17.6 Å². The number of aliphatic hydroxyl groups is 5. The van der Waals surface area contributed by atoms with Crippen molar-refractivity contribution in [1.82, 2.24) is 34.3 Å². The summed E-state index contributed by atoms with van der Waals surface area (Å²) in [6.07, 6.45) is -1.00. The summed E-state index contributed by atoms with van der Waals surface area (Å²) >= 11 is 0. The molecule has 17 nitrogen and oxygen atoms in total. The number of primary amides is 1. The van der Waals surface area contributed by atoms with Crippen molar-refractivity contribution >= 4 is 23.0 Å². The Bertz CT molecular complexity index is 1280. The molecule has 0 aromatic carbocycles. The van der Waals surface area contributed by atoms with Gasteiger partial charge >= 0.3 is 0 Å². The summed E-state index contributed by atoms with van der Waals surface area (Å²) in [7, 11) is 0. The number of nitrogens with one attached hydrogen (secondary N) is 1. The molecule has 0 unspecified atom stereocenters. The first-order chi connectivity index (χ1) is 17.2. The Morgan fingerprint density at radius 2 is 1.89 bits per heavy atom. The van der Waals surface area contributed by atoms with Gasteiger partial charge in [0.05, 0.1) is 12.9 Å². The Morgan fingerprint density at radius 1 is 1.14 bits per heavy atom. The lowest BCUT2D eigenvalue weighted by Crippen LogP contribution is -2.42. The van der Waals surface area contributed by atoms with Crippen molar-refractivity contribution in [2.75, 3.05) is 25.6 Å². The molecule has 17 heteroatoms. The van der Waals surface area contributed by atoms with Gasteiger partial charge in [0.2, 0.25) is 11.8 Å². The normalized spacial score (nSPS) is 29.5. The van der Waals surface area contributed by atoms with E-state index in [0.29, 0.717) is 5.65 Å². The van der Waals surface area contributed by atoms with Gasteiger partial charge < -0.3 is 46.3 Å². The van der Waals surface area contributed by atoms with Crippen molar-refractivity contribution in [3.8, 4) is 0 Å². The van der Waals surface area contributed by atoms with Crippen LogP contribution in [0.25, 0.3) is 11.2 Å². The summed E-state index contributed by atoms with van der Waals surface area (Å²) < 4.78 is 8.00. The molecule has 2 fully saturated rings. The lowest BCUT2D eigenvalue weighted by atomic mass is 9.70. The van der Waals surface area contributed by atoms with Gasteiger partial charge in [-0.25, -0.2) is 14.6 Å². The fraction of sp³-hybridized carbons (Fsp3) is 0.579. The van der Waals surface area contributed by atoms with E-state index in [1.165, 1.54) is 6.33 Å². The molecule has 5 rings (SSSR count). The number of aromatic nitrogens is 7. The number of nitrogens with zero attached hydrogens (tertiary/aromatic N) is 6. The monoisotopic (exact) mass is 509 g/mol. The molecule has 1 aliphatic heterocycles. The first kappa shape index (κ1) is 25.6. The summed E-state index contributed by atoms with van der Waals surface area (Å²) in [5.74, 6) is -0.965. The van der Waals surface area contributed by atoms with Crippen LogP contribution in [-0.2, 0) is 4.74 Å². The number of amides is 1. The van der Waals surface area contributed by atoms with Crippen LogP contribution in [0.2, 0.25) is 0 Å². The van der Waals surface area contributed by atoms with Crippen LogP contribution in [0.4, 0.5) is 5.95 Å². The van der Waals surface area contributed by atoms with Gasteiger partial charge in [-0.15, -0.1) is 5.10 Å². The number of ether oxygens (including phenoxy) is 1. The van der Waals surface area contributed by atoms with E-state index in [1.54, 1.807) is 4.57 Å². The van der Waals surface area contributed by atoms with Crippen LogP contribution < -0.4 is 17.0 Å². The average molecular weight is 509 g/mol. The molecule has 0 bridgehead atoms. The highest BCUT2D eigenvalue weighted by Crippen LogP contribution is 2.44. The van der Waals surface area contributed by atoms with E-state index in [9.17, 15) is 30.0 Å². The van der Waals surface area contributed by atoms with Crippen LogP contribution >= 0.6 is 0 Å². The minimum atomic E-state index is -1.27. The first-order valence-electron chi connectivity index (χ1n) is 11.0. The molecule has 0 radical (unpaired) electrons. The average Bonchev–Trinajstić information content (AvgIpc) is 3.54. The van der Waals surface area contributed by atoms with E-state index >= 15 is 0 Å². The second-order valence-electron chi connectivity index (χ2n) is 8.51. The zero-order chi connectivity index (χ0) is 26.1. The van der Waals surface area contributed by atoms with Crippen molar-refractivity contribution < 1.29 is 35.1 Å². The molecule has 1 saturated heterocycles. The SMILES string of the molecule is NC(=O)c1ncn([C@@H]2O[C@H](CO)[C@@H](O)[C@H]2O)n1.Nc1nc2c(ncn2[C@H]2C[C@H](CO)[C@H]2CO)c(=O)[nH]1. The van der Waals surface area contributed by atoms with Gasteiger partial charge in [0.15, 0.2) is 17.4 Å². The molecule has 196 valence electrons. The van der Waals surface area contributed by atoms with E-state index in [-0.39, 0.29) is 53.9 Å². The number of imidazole rings is 1. The van der Waals surface area contributed by atoms with E-state index in [1.807, 2.05) is 0 Å². The number of carbonyl (C=O) groups excluding carboxylic acids is 1. The van der Waals surface area contributed by atoms with Crippen molar-refractivity contribution in [1.29, 1.82) is 0 Å². The Balaban J connectivity index is 0.000000170. The van der Waals surface area contributed by atoms with Crippen LogP contribution in [0.15, 0.2) is 17.4 Å². The highest BCUT2D eigenvalue weighted by Gasteiger charge is 2.44. The van der Waals surface area contributed by atoms with Crippen LogP contribution in [0.5, 0.6) is 0 Å². The largest absolute Gasteiger partial charge is 0.396 e. The number of hydrogen-bond acceptors (Lipinski definition) is 13. The Kier molecular flexibility index (Phi) is 7.29. The molecule has 7 atom stereocenters. The van der Waals surface area contributed by atoms with Gasteiger partial charge in [-0.2, -0.15) is 4.98 Å². The third-order valence-electron chi connectivity index (χ3n) is 6.40. The molecule has 1 aliphatic carbocycles. The third kappa shape index (κ3) is 4.54. The minimum Gasteiger partial charge on any atom is -0.396 e. The van der Waals surface area contributed by atoms with E-state index in [0.717, 1.165) is 17.4 Å². The van der Waals surface area contributed by atoms with E-state index < -0.39 is 37.1 Å². The lowest BCUT2D eigenvalue weighted by molar-refractivity contribution is -0.0588. The van der Waals surface area contributed by atoms with Gasteiger partial charge in [-0.05, 0) is 12.3 Å². The Labute approximate surface area is 202 Å². The lowest BCUT2D eigenvalue weighted by Gasteiger charge is -2.43. The molecule has 2 aliphatic rings. The highest BCUT2D eigenvalue weighted by atomic mass is 16.6. The predicted molar refractivity (Wildman–Crippen MR) is 119 cm³/mol. The number of hydrogen-bond donors (Lipinski definition) is 8. The molecular formula is C19H27N9O8. The van der Waals surface area contributed by atoms with Crippen molar-refractivity contribution in [3.05, 3.63) is 28.8 Å². The summed E-state index contributed by atoms with van der Waals surface area (Å²) in [5, 5.41) is 50.3. The van der Waals surface area contributed by atoms with Gasteiger partial charge in [0.1, 0.15) is 24.6 Å². The Morgan fingerprint density at radius 3 is 2.47 bits per heavy atom. The van der Waals surface area contributed by atoms with Crippen LogP contribution in [0, 0.1) is 11.8 Å². The van der Waals surface area contributed by atoms with Crippen LogP contribution in [-0.4, -0.2) is 104 Å². The number of rotatable bonds is 6. The number of fused-ring (bicyclic) bond motifs is 1. The van der Waals surface area contributed by atoms with Gasteiger partial charge in [-0.3, -0.25) is 14.6 Å². The summed E-state index contributed by atoms with van der Waals surface area (Å²) in [6, 6.07) is -0.0131. The standard InChI is InChI=1S/C11H15N5O3.C8H12N4O5/c12-11-14-9-8(10(19)15-11)13-4-16(9)7-1-5(2-17)6(7)3-18;9-6(16)7-10-2-12(11-7)8-5(15)4(14)3(1-13)17-8/h4-7,17-18H,1-3H2,(H3,12,14,15,19);2-5,8,13-15H,1H2,(H2,9,16)/t5-,6-,7+;3-,4-,5-,8-/m11/s1. The van der Waals surface area contributed by atoms with Crippen molar-refractivity contribution in [3.63, 3.8) is 0 Å². The maximum atomic E-state index is 11.7. The number of nitrogens with two attached hydrogens (primary N) is 2. The number of aromatic amines is 1. The zero-order valence-corrected chi connectivity index (χ0v) is 18.8. The third-order valence-corrected chi connectivity index (χ3v) is 6.40. The van der Waals surface area contributed by atoms with E-state index in [2.05, 4.69) is 25.0 Å². The fourth-order valence-corrected chi connectivity index (χ4v) is 4.37. The zero-order valence-electron chi connectivity index (χ0n) is 18.8. The first-order valence-corrected chi connectivity index (χ1v) is 11.0. The maximum absolute atomic E-state index is 11.7. The van der Waals surface area contributed by atoms with Crippen LogP contribution in [0.1, 0.15) is 29.3 Å². The molecule has 1 amide bonds. The minimum absolute atomic E-state index is 0.0131. The molecule has 3 aromatic rings.